The van der Waals surface area contributed by atoms with Gasteiger partial charge in [-0.1, -0.05) is 15.9 Å². The van der Waals surface area contributed by atoms with Gasteiger partial charge in [-0.05, 0) is 25.1 Å². The molecule has 0 aliphatic carbocycles. The van der Waals surface area contributed by atoms with E-state index in [1.54, 1.807) is 31.1 Å². The van der Waals surface area contributed by atoms with Gasteiger partial charge < -0.3 is 16.0 Å². The molecule has 1 aromatic rings. The van der Waals surface area contributed by atoms with Crippen LogP contribution in [0, 0.1) is 0 Å². The zero-order chi connectivity index (χ0) is 15.7. The van der Waals surface area contributed by atoms with E-state index in [4.69, 9.17) is 5.73 Å². The van der Waals surface area contributed by atoms with Gasteiger partial charge in [0.05, 0.1) is 11.4 Å². The third kappa shape index (κ3) is 3.43. The number of nitrogens with zero attached hydrogens (tertiary/aromatic N) is 1. The van der Waals surface area contributed by atoms with E-state index in [0.717, 1.165) is 0 Å². The van der Waals surface area contributed by atoms with Crippen LogP contribution in [0.25, 0.3) is 0 Å². The van der Waals surface area contributed by atoms with Crippen molar-refractivity contribution in [2.75, 3.05) is 24.3 Å². The topological polar surface area (TPSA) is 58.4 Å². The number of alkyl halides is 3. The lowest BCUT2D eigenvalue weighted by Gasteiger charge is -2.27. The molecular weight excluding hydrogens is 339 g/mol. The second-order valence-corrected chi connectivity index (χ2v) is 5.63. The number of nitrogens with one attached hydrogen (secondary N) is 1. The highest BCUT2D eigenvalue weighted by Crippen LogP contribution is 2.32. The number of hydrogen-bond acceptors (Lipinski definition) is 3. The fourth-order valence-electron chi connectivity index (χ4n) is 1.38. The number of halogens is 4. The lowest BCUT2D eigenvalue weighted by atomic mass is 10.0. The third-order valence-corrected chi connectivity index (χ3v) is 3.24. The van der Waals surface area contributed by atoms with Crippen molar-refractivity contribution in [2.45, 2.75) is 18.6 Å². The summed E-state index contributed by atoms with van der Waals surface area (Å²) in [4.78, 5) is 13.4. The van der Waals surface area contributed by atoms with Crippen molar-refractivity contribution < 1.29 is 18.0 Å². The van der Waals surface area contributed by atoms with Crippen LogP contribution in [0.15, 0.2) is 22.7 Å². The van der Waals surface area contributed by atoms with Gasteiger partial charge in [0.2, 0.25) is 0 Å². The van der Waals surface area contributed by atoms with Crippen molar-refractivity contribution in [1.82, 2.24) is 0 Å². The number of hydrogen-bond donors (Lipinski definition) is 2. The average molecular weight is 354 g/mol. The van der Waals surface area contributed by atoms with Crippen LogP contribution in [0.2, 0.25) is 0 Å². The molecule has 8 heteroatoms. The Morgan fingerprint density at radius 3 is 2.35 bits per heavy atom. The molecule has 112 valence electrons. The molecule has 0 saturated heterocycles. The highest BCUT2D eigenvalue weighted by Gasteiger charge is 2.54. The van der Waals surface area contributed by atoms with E-state index in [0.29, 0.717) is 17.1 Å². The zero-order valence-electron chi connectivity index (χ0n) is 11.2. The molecule has 0 fully saturated rings. The number of benzene rings is 1. The summed E-state index contributed by atoms with van der Waals surface area (Å²) >= 11 is 3.20. The van der Waals surface area contributed by atoms with Crippen LogP contribution in [0.3, 0.4) is 0 Å². The number of carbonyl (C=O) groups excluding carboxylic acids is 1. The summed E-state index contributed by atoms with van der Waals surface area (Å²) in [5.74, 6) is -1.31. The van der Waals surface area contributed by atoms with Crippen molar-refractivity contribution in [3.05, 3.63) is 22.7 Å². The van der Waals surface area contributed by atoms with Crippen molar-refractivity contribution in [1.29, 1.82) is 0 Å². The molecule has 1 atom stereocenters. The summed E-state index contributed by atoms with van der Waals surface area (Å²) in [5.41, 5.74) is 2.94. The number of amides is 1. The first-order valence-corrected chi connectivity index (χ1v) is 6.40. The normalized spacial score (nSPS) is 14.6. The minimum absolute atomic E-state index is 0.246. The van der Waals surface area contributed by atoms with Gasteiger partial charge in [-0.3, -0.25) is 4.79 Å². The minimum atomic E-state index is -4.83. The molecule has 0 saturated carbocycles. The van der Waals surface area contributed by atoms with Gasteiger partial charge in [0, 0.05) is 18.6 Å². The van der Waals surface area contributed by atoms with Gasteiger partial charge in [0.25, 0.3) is 5.91 Å². The lowest BCUT2D eigenvalue weighted by Crippen LogP contribution is -2.59. The van der Waals surface area contributed by atoms with Crippen LogP contribution in [-0.4, -0.2) is 31.7 Å². The molecule has 20 heavy (non-hydrogen) atoms. The van der Waals surface area contributed by atoms with Crippen LogP contribution >= 0.6 is 15.9 Å². The molecule has 0 aromatic heterocycles. The maximum atomic E-state index is 12.7. The van der Waals surface area contributed by atoms with Crippen molar-refractivity contribution in [3.63, 3.8) is 0 Å². The Morgan fingerprint density at radius 2 is 1.90 bits per heavy atom. The van der Waals surface area contributed by atoms with Crippen LogP contribution < -0.4 is 16.0 Å². The predicted molar refractivity (Wildman–Crippen MR) is 75.7 cm³/mol. The molecule has 1 amide bonds. The molecule has 1 aromatic carbocycles. The van der Waals surface area contributed by atoms with Crippen LogP contribution in [0.1, 0.15) is 6.92 Å². The standard InChI is InChI=1S/C12H15BrF3N3O/c1-11(17,12(14,15)16)10(20)18-8-6-7(13)4-5-9(8)19(2)3/h4-6H,17H2,1-3H3,(H,18,20). The van der Waals surface area contributed by atoms with Crippen molar-refractivity contribution >= 4 is 33.2 Å². The molecule has 0 aliphatic rings. The third-order valence-electron chi connectivity index (χ3n) is 2.75. The summed E-state index contributed by atoms with van der Waals surface area (Å²) in [5, 5.41) is 2.22. The van der Waals surface area contributed by atoms with Crippen molar-refractivity contribution in [3.8, 4) is 0 Å². The Labute approximate surface area is 123 Å². The fourth-order valence-corrected chi connectivity index (χ4v) is 1.74. The first-order chi connectivity index (χ1) is 8.96. The van der Waals surface area contributed by atoms with E-state index in [1.807, 2.05) is 0 Å². The summed E-state index contributed by atoms with van der Waals surface area (Å²) in [7, 11) is 3.43. The molecule has 0 radical (unpaired) electrons. The quantitative estimate of drug-likeness (QED) is 0.878. The molecule has 1 unspecified atom stereocenters. The minimum Gasteiger partial charge on any atom is -0.376 e. The highest BCUT2D eigenvalue weighted by atomic mass is 79.9. The molecule has 0 bridgehead atoms. The van der Waals surface area contributed by atoms with Gasteiger partial charge in [0.15, 0.2) is 5.54 Å². The van der Waals surface area contributed by atoms with Crippen LogP contribution in [-0.2, 0) is 4.79 Å². The maximum Gasteiger partial charge on any atom is 0.415 e. The molecule has 1 rings (SSSR count). The first-order valence-electron chi connectivity index (χ1n) is 5.60. The Balaban J connectivity index is 3.11. The largest absolute Gasteiger partial charge is 0.415 e. The SMILES string of the molecule is CN(C)c1ccc(Br)cc1NC(=O)C(C)(N)C(F)(F)F. The van der Waals surface area contributed by atoms with E-state index in [9.17, 15) is 18.0 Å². The van der Waals surface area contributed by atoms with E-state index in [1.165, 1.54) is 6.07 Å². The molecule has 0 aliphatic heterocycles. The van der Waals surface area contributed by atoms with Gasteiger partial charge in [-0.15, -0.1) is 0 Å². The highest BCUT2D eigenvalue weighted by molar-refractivity contribution is 9.10. The molecular formula is C12H15BrF3N3O. The van der Waals surface area contributed by atoms with E-state index >= 15 is 0 Å². The molecule has 3 N–H and O–H groups in total. The Bertz CT molecular complexity index is 515. The van der Waals surface area contributed by atoms with Crippen LogP contribution in [0.5, 0.6) is 0 Å². The lowest BCUT2D eigenvalue weighted by molar-refractivity contribution is -0.184. The van der Waals surface area contributed by atoms with E-state index in [2.05, 4.69) is 21.2 Å². The smallest absolute Gasteiger partial charge is 0.376 e. The Kier molecular flexibility index (Phi) is 4.70. The van der Waals surface area contributed by atoms with Gasteiger partial charge in [-0.2, -0.15) is 13.2 Å². The second-order valence-electron chi connectivity index (χ2n) is 4.71. The number of carbonyl (C=O) groups is 1. The van der Waals surface area contributed by atoms with Gasteiger partial charge in [-0.25, -0.2) is 0 Å². The Morgan fingerprint density at radius 1 is 1.35 bits per heavy atom. The monoisotopic (exact) mass is 353 g/mol. The van der Waals surface area contributed by atoms with E-state index in [-0.39, 0.29) is 5.69 Å². The van der Waals surface area contributed by atoms with Crippen LogP contribution in [0.4, 0.5) is 24.5 Å². The maximum absolute atomic E-state index is 12.7. The van der Waals surface area contributed by atoms with Gasteiger partial charge >= 0.3 is 6.18 Å². The molecule has 4 nitrogen and oxygen atoms in total. The fraction of sp³-hybridized carbons (Fsp3) is 0.417. The zero-order valence-corrected chi connectivity index (χ0v) is 12.8. The number of rotatable bonds is 3. The first kappa shape index (κ1) is 16.8. The number of nitrogens with two attached hydrogens (primary N) is 1. The average Bonchev–Trinajstić information content (AvgIpc) is 2.26. The van der Waals surface area contributed by atoms with Crippen molar-refractivity contribution in [2.24, 2.45) is 5.73 Å². The molecule has 0 heterocycles. The predicted octanol–water partition coefficient (Wildman–Crippen LogP) is 2.73. The van der Waals surface area contributed by atoms with E-state index < -0.39 is 17.6 Å². The molecule has 0 spiro atoms. The summed E-state index contributed by atoms with van der Waals surface area (Å²) in [6.45, 7) is 0.635. The van der Waals surface area contributed by atoms with Gasteiger partial charge in [0.1, 0.15) is 0 Å². The Hall–Kier alpha value is -1.28. The summed E-state index contributed by atoms with van der Waals surface area (Å²) in [6.07, 6.45) is -4.83. The second kappa shape index (κ2) is 5.61. The number of anilines is 2. The summed E-state index contributed by atoms with van der Waals surface area (Å²) < 4.78 is 38.8. The summed E-state index contributed by atoms with van der Waals surface area (Å²) in [6, 6.07) is 4.90.